The van der Waals surface area contributed by atoms with Gasteiger partial charge in [0.15, 0.2) is 0 Å². The highest BCUT2D eigenvalue weighted by molar-refractivity contribution is 4.88. The van der Waals surface area contributed by atoms with E-state index in [0.29, 0.717) is 19.6 Å². The number of hydrogen-bond acceptors (Lipinski definition) is 3. The van der Waals surface area contributed by atoms with Gasteiger partial charge >= 0.3 is 6.18 Å². The zero-order valence-corrected chi connectivity index (χ0v) is 8.92. The molecule has 0 aromatic heterocycles. The summed E-state index contributed by atoms with van der Waals surface area (Å²) in [4.78, 5) is 1.29. The van der Waals surface area contributed by atoms with E-state index in [1.165, 1.54) is 18.9 Å². The monoisotopic (exact) mass is 226 g/mol. The molecule has 90 valence electrons. The van der Waals surface area contributed by atoms with E-state index in [9.17, 15) is 13.2 Å². The highest BCUT2D eigenvalue weighted by atomic mass is 19.4. The zero-order valence-electron chi connectivity index (χ0n) is 8.92. The van der Waals surface area contributed by atoms with Crippen LogP contribution in [0.2, 0.25) is 0 Å². The van der Waals surface area contributed by atoms with E-state index in [4.69, 9.17) is 10.5 Å². The van der Waals surface area contributed by atoms with Gasteiger partial charge in [-0.25, -0.2) is 0 Å². The van der Waals surface area contributed by atoms with Gasteiger partial charge in [-0.1, -0.05) is 0 Å². The van der Waals surface area contributed by atoms with Crippen LogP contribution in [0, 0.1) is 0 Å². The first kappa shape index (κ1) is 12.7. The van der Waals surface area contributed by atoms with Crippen LogP contribution in [0.1, 0.15) is 13.3 Å². The van der Waals surface area contributed by atoms with E-state index in [1.807, 2.05) is 0 Å². The highest BCUT2D eigenvalue weighted by Gasteiger charge is 2.46. The Hall–Kier alpha value is -0.330. The quantitative estimate of drug-likeness (QED) is 0.779. The largest absolute Gasteiger partial charge is 0.405 e. The number of likely N-dealkylation sites (N-methyl/N-ethyl adjacent to an activating group) is 1. The molecule has 0 aliphatic carbocycles. The van der Waals surface area contributed by atoms with Gasteiger partial charge < -0.3 is 10.5 Å². The fourth-order valence-corrected chi connectivity index (χ4v) is 1.97. The van der Waals surface area contributed by atoms with Gasteiger partial charge in [0.05, 0.1) is 6.61 Å². The molecule has 1 saturated heterocycles. The van der Waals surface area contributed by atoms with Crippen molar-refractivity contribution < 1.29 is 17.9 Å². The Bertz CT molecular complexity index is 202. The molecule has 0 radical (unpaired) electrons. The summed E-state index contributed by atoms with van der Waals surface area (Å²) in [7, 11) is 1.46. The van der Waals surface area contributed by atoms with Gasteiger partial charge in [0.2, 0.25) is 0 Å². The van der Waals surface area contributed by atoms with Gasteiger partial charge in [0.1, 0.15) is 6.04 Å². The molecule has 0 aromatic carbocycles. The first-order valence-electron chi connectivity index (χ1n) is 4.96. The third-order valence-electron chi connectivity index (χ3n) is 2.75. The van der Waals surface area contributed by atoms with Gasteiger partial charge in [-0.2, -0.15) is 13.2 Å². The minimum Gasteiger partial charge on any atom is -0.380 e. The lowest BCUT2D eigenvalue weighted by atomic mass is 10.1. The molecule has 3 nitrogen and oxygen atoms in total. The minimum atomic E-state index is -4.29. The van der Waals surface area contributed by atoms with Gasteiger partial charge in [0, 0.05) is 18.7 Å². The summed E-state index contributed by atoms with van der Waals surface area (Å²) in [6, 6.07) is -2.71. The van der Waals surface area contributed by atoms with E-state index in [-0.39, 0.29) is 6.04 Å². The predicted octanol–water partition coefficient (Wildman–Crippen LogP) is 0.985. The molecule has 0 saturated carbocycles. The van der Waals surface area contributed by atoms with Crippen LogP contribution in [0.4, 0.5) is 13.2 Å². The SMILES string of the molecule is CC(N)C(N(C)C1CCOC1)C(F)(F)F. The van der Waals surface area contributed by atoms with E-state index < -0.39 is 18.3 Å². The predicted molar refractivity (Wildman–Crippen MR) is 50.5 cm³/mol. The Morgan fingerprint density at radius 2 is 2.07 bits per heavy atom. The molecular weight excluding hydrogens is 209 g/mol. The summed E-state index contributed by atoms with van der Waals surface area (Å²) < 4.78 is 43.2. The van der Waals surface area contributed by atoms with Crippen LogP contribution in [-0.4, -0.2) is 49.5 Å². The van der Waals surface area contributed by atoms with Crippen molar-refractivity contribution in [1.29, 1.82) is 0 Å². The molecular formula is C9H17F3N2O. The summed E-state index contributed by atoms with van der Waals surface area (Å²) in [6.45, 7) is 2.26. The second-order valence-corrected chi connectivity index (χ2v) is 4.03. The van der Waals surface area contributed by atoms with Crippen LogP contribution in [0.5, 0.6) is 0 Å². The summed E-state index contributed by atoms with van der Waals surface area (Å²) >= 11 is 0. The Morgan fingerprint density at radius 1 is 1.47 bits per heavy atom. The third-order valence-corrected chi connectivity index (χ3v) is 2.75. The summed E-state index contributed by atoms with van der Waals surface area (Å²) in [6.07, 6.45) is -3.65. The standard InChI is InChI=1S/C9H17F3N2O/c1-6(13)8(9(10,11)12)14(2)7-3-4-15-5-7/h6-8H,3-5,13H2,1-2H3. The zero-order chi connectivity index (χ0) is 11.6. The van der Waals surface area contributed by atoms with Crippen molar-refractivity contribution in [2.24, 2.45) is 5.73 Å². The van der Waals surface area contributed by atoms with Crippen molar-refractivity contribution in [2.45, 2.75) is 37.6 Å². The Labute approximate surface area is 87.4 Å². The van der Waals surface area contributed by atoms with Crippen molar-refractivity contribution in [3.8, 4) is 0 Å². The lowest BCUT2D eigenvalue weighted by molar-refractivity contribution is -0.189. The molecule has 0 spiro atoms. The van der Waals surface area contributed by atoms with Crippen LogP contribution in [-0.2, 0) is 4.74 Å². The first-order valence-corrected chi connectivity index (χ1v) is 4.96. The van der Waals surface area contributed by atoms with Crippen LogP contribution in [0.3, 0.4) is 0 Å². The van der Waals surface area contributed by atoms with Crippen LogP contribution in [0.25, 0.3) is 0 Å². The molecule has 3 atom stereocenters. The van der Waals surface area contributed by atoms with E-state index in [2.05, 4.69) is 0 Å². The lowest BCUT2D eigenvalue weighted by Crippen LogP contribution is -2.56. The van der Waals surface area contributed by atoms with Gasteiger partial charge in [-0.05, 0) is 20.4 Å². The minimum absolute atomic E-state index is 0.178. The third kappa shape index (κ3) is 3.06. The maximum absolute atomic E-state index is 12.7. The normalized spacial score (nSPS) is 27.0. The van der Waals surface area contributed by atoms with Gasteiger partial charge in [-0.15, -0.1) is 0 Å². The van der Waals surface area contributed by atoms with Crippen LogP contribution >= 0.6 is 0 Å². The molecule has 3 unspecified atom stereocenters. The number of ether oxygens (including phenoxy) is 1. The summed E-state index contributed by atoms with van der Waals surface area (Å²) in [5.41, 5.74) is 5.39. The Balaban J connectivity index is 2.70. The average molecular weight is 226 g/mol. The second kappa shape index (κ2) is 4.67. The molecule has 0 amide bonds. The number of alkyl halides is 3. The Kier molecular flexibility index (Phi) is 3.97. The Morgan fingerprint density at radius 3 is 2.40 bits per heavy atom. The number of nitrogens with zero attached hydrogens (tertiary/aromatic N) is 1. The maximum atomic E-state index is 12.7. The van der Waals surface area contributed by atoms with Gasteiger partial charge in [-0.3, -0.25) is 4.90 Å². The van der Waals surface area contributed by atoms with Crippen molar-refractivity contribution >= 4 is 0 Å². The molecule has 0 aromatic rings. The van der Waals surface area contributed by atoms with Crippen molar-refractivity contribution in [2.75, 3.05) is 20.3 Å². The fraction of sp³-hybridized carbons (Fsp3) is 1.00. The molecule has 1 aliphatic rings. The maximum Gasteiger partial charge on any atom is 0.405 e. The molecule has 0 bridgehead atoms. The molecule has 2 N–H and O–H groups in total. The number of rotatable bonds is 3. The number of hydrogen-bond donors (Lipinski definition) is 1. The molecule has 1 rings (SSSR count). The fourth-order valence-electron chi connectivity index (χ4n) is 1.97. The topological polar surface area (TPSA) is 38.5 Å². The van der Waals surface area contributed by atoms with E-state index >= 15 is 0 Å². The summed E-state index contributed by atoms with van der Waals surface area (Å²) in [5.74, 6) is 0. The molecule has 15 heavy (non-hydrogen) atoms. The molecule has 1 aliphatic heterocycles. The van der Waals surface area contributed by atoms with Crippen molar-refractivity contribution in [3.05, 3.63) is 0 Å². The number of halogens is 3. The van der Waals surface area contributed by atoms with Crippen LogP contribution < -0.4 is 5.73 Å². The molecule has 1 heterocycles. The molecule has 6 heteroatoms. The summed E-state index contributed by atoms with van der Waals surface area (Å²) in [5, 5.41) is 0. The molecule has 1 fully saturated rings. The number of nitrogens with two attached hydrogens (primary N) is 1. The van der Waals surface area contributed by atoms with Gasteiger partial charge in [0.25, 0.3) is 0 Å². The van der Waals surface area contributed by atoms with E-state index in [1.54, 1.807) is 0 Å². The van der Waals surface area contributed by atoms with E-state index in [0.717, 1.165) is 0 Å². The smallest absolute Gasteiger partial charge is 0.380 e. The first-order chi connectivity index (χ1) is 6.84. The second-order valence-electron chi connectivity index (χ2n) is 4.03. The van der Waals surface area contributed by atoms with Crippen molar-refractivity contribution in [1.82, 2.24) is 4.90 Å². The lowest BCUT2D eigenvalue weighted by Gasteiger charge is -2.35. The van der Waals surface area contributed by atoms with Crippen molar-refractivity contribution in [3.63, 3.8) is 0 Å². The average Bonchev–Trinajstić information content (AvgIpc) is 2.51. The highest BCUT2D eigenvalue weighted by Crippen LogP contribution is 2.28. The van der Waals surface area contributed by atoms with Crippen LogP contribution in [0.15, 0.2) is 0 Å².